The van der Waals surface area contributed by atoms with E-state index in [1.54, 1.807) is 61.6 Å². The molecule has 3 amide bonds. The predicted octanol–water partition coefficient (Wildman–Crippen LogP) is 5.49. The van der Waals surface area contributed by atoms with Crippen LogP contribution in [0.15, 0.2) is 60.0 Å². The molecule has 1 fully saturated rings. The smallest absolute Gasteiger partial charge is 0.248 e. The lowest BCUT2D eigenvalue weighted by Crippen LogP contribution is -2.47. The molecule has 9 heteroatoms. The number of thiophene rings is 1. The fraction of sp³-hybridized carbons (Fsp3) is 0.367. The highest BCUT2D eigenvalue weighted by Crippen LogP contribution is 2.35. The molecule has 8 nitrogen and oxygen atoms in total. The maximum Gasteiger partial charge on any atom is 0.248 e. The van der Waals surface area contributed by atoms with Crippen molar-refractivity contribution < 1.29 is 23.9 Å². The van der Waals surface area contributed by atoms with Crippen molar-refractivity contribution in [2.45, 2.75) is 57.5 Å². The van der Waals surface area contributed by atoms with Crippen molar-refractivity contribution >= 4 is 40.4 Å². The number of hydrogen-bond acceptors (Lipinski definition) is 6. The Morgan fingerprint density at radius 3 is 2.31 bits per heavy atom. The molecule has 2 aromatic carbocycles. The Kier molecular flexibility index (Phi) is 9.59. The summed E-state index contributed by atoms with van der Waals surface area (Å²) in [6.45, 7) is 1.44. The van der Waals surface area contributed by atoms with E-state index in [1.807, 2.05) is 17.5 Å². The van der Waals surface area contributed by atoms with Crippen molar-refractivity contribution in [3.63, 3.8) is 0 Å². The van der Waals surface area contributed by atoms with E-state index in [9.17, 15) is 14.4 Å². The normalized spacial score (nSPS) is 14.2. The molecule has 0 unspecified atom stereocenters. The van der Waals surface area contributed by atoms with Crippen LogP contribution in [0.5, 0.6) is 11.5 Å². The molecule has 1 aliphatic rings. The monoisotopic (exact) mass is 549 g/mol. The number of ether oxygens (including phenoxy) is 2. The number of anilines is 2. The largest absolute Gasteiger partial charge is 0.493 e. The summed E-state index contributed by atoms with van der Waals surface area (Å²) in [4.78, 5) is 42.1. The first-order chi connectivity index (χ1) is 18.9. The third-order valence-corrected chi connectivity index (χ3v) is 7.70. The number of methoxy groups -OCH3 is 2. The van der Waals surface area contributed by atoms with Gasteiger partial charge in [0.05, 0.1) is 20.6 Å². The molecular weight excluding hydrogens is 514 g/mol. The SMILES string of the molecule is COc1ccc([C@H](C(=O)NC2CCCCC2)N(C(=O)Cc2cccs2)c2ccc(NC(C)=O)cc2)cc1OC. The van der Waals surface area contributed by atoms with Crippen LogP contribution in [0.3, 0.4) is 0 Å². The van der Waals surface area contributed by atoms with E-state index in [4.69, 9.17) is 9.47 Å². The minimum atomic E-state index is -0.953. The van der Waals surface area contributed by atoms with Gasteiger partial charge in [0.15, 0.2) is 11.5 Å². The fourth-order valence-electron chi connectivity index (χ4n) is 4.96. The van der Waals surface area contributed by atoms with Crippen LogP contribution in [0.1, 0.15) is 55.5 Å². The summed E-state index contributed by atoms with van der Waals surface area (Å²) in [5.74, 6) is 0.340. The molecule has 0 bridgehead atoms. The van der Waals surface area contributed by atoms with Crippen molar-refractivity contribution in [1.29, 1.82) is 0 Å². The first kappa shape index (κ1) is 28.2. The lowest BCUT2D eigenvalue weighted by atomic mass is 9.94. The van der Waals surface area contributed by atoms with E-state index in [-0.39, 0.29) is 30.2 Å². The second kappa shape index (κ2) is 13.3. The lowest BCUT2D eigenvalue weighted by Gasteiger charge is -2.34. The van der Waals surface area contributed by atoms with Gasteiger partial charge >= 0.3 is 0 Å². The van der Waals surface area contributed by atoms with E-state index >= 15 is 0 Å². The van der Waals surface area contributed by atoms with Gasteiger partial charge in [-0.15, -0.1) is 11.3 Å². The number of carbonyl (C=O) groups excluding carboxylic acids is 3. The molecule has 39 heavy (non-hydrogen) atoms. The van der Waals surface area contributed by atoms with Crippen LogP contribution < -0.4 is 25.0 Å². The minimum Gasteiger partial charge on any atom is -0.493 e. The summed E-state index contributed by atoms with van der Waals surface area (Å²) < 4.78 is 11.0. The van der Waals surface area contributed by atoms with Crippen molar-refractivity contribution in [3.8, 4) is 11.5 Å². The Bertz CT molecular complexity index is 1270. The van der Waals surface area contributed by atoms with E-state index in [0.29, 0.717) is 28.4 Å². The first-order valence-electron chi connectivity index (χ1n) is 13.1. The van der Waals surface area contributed by atoms with Gasteiger partial charge in [0.2, 0.25) is 17.7 Å². The van der Waals surface area contributed by atoms with Gasteiger partial charge in [0, 0.05) is 29.2 Å². The van der Waals surface area contributed by atoms with Gasteiger partial charge in [-0.3, -0.25) is 19.3 Å². The molecule has 1 aromatic heterocycles. The highest BCUT2D eigenvalue weighted by atomic mass is 32.1. The van der Waals surface area contributed by atoms with E-state index in [1.165, 1.54) is 18.3 Å². The summed E-state index contributed by atoms with van der Waals surface area (Å²) in [5, 5.41) is 7.90. The number of carbonyl (C=O) groups is 3. The summed E-state index contributed by atoms with van der Waals surface area (Å²) in [6.07, 6.45) is 5.27. The standard InChI is InChI=1S/C30H35N3O5S/c1-20(34)31-23-12-14-24(15-13-23)33(28(35)19-25-10-7-17-39-25)29(30(36)32-22-8-5-4-6-9-22)21-11-16-26(37-2)27(18-21)38-3/h7,10-18,22,29H,4-6,8-9,19H2,1-3H3,(H,31,34)(H,32,36)/t29-/m1/s1. The number of hydrogen-bond donors (Lipinski definition) is 2. The summed E-state index contributed by atoms with van der Waals surface area (Å²) in [7, 11) is 3.09. The highest BCUT2D eigenvalue weighted by molar-refractivity contribution is 7.10. The van der Waals surface area contributed by atoms with Gasteiger partial charge in [0.25, 0.3) is 0 Å². The van der Waals surface area contributed by atoms with Crippen LogP contribution >= 0.6 is 11.3 Å². The van der Waals surface area contributed by atoms with Crippen LogP contribution in [-0.4, -0.2) is 38.0 Å². The minimum absolute atomic E-state index is 0.0604. The quantitative estimate of drug-likeness (QED) is 0.349. The predicted molar refractivity (Wildman–Crippen MR) is 154 cm³/mol. The molecule has 1 atom stereocenters. The van der Waals surface area contributed by atoms with E-state index < -0.39 is 6.04 Å². The zero-order valence-corrected chi connectivity index (χ0v) is 23.4. The van der Waals surface area contributed by atoms with Gasteiger partial charge < -0.3 is 20.1 Å². The molecule has 206 valence electrons. The second-order valence-corrected chi connectivity index (χ2v) is 10.6. The molecule has 0 radical (unpaired) electrons. The fourth-order valence-corrected chi connectivity index (χ4v) is 5.66. The zero-order chi connectivity index (χ0) is 27.8. The Balaban J connectivity index is 1.79. The molecule has 1 heterocycles. The molecular formula is C30H35N3O5S. The van der Waals surface area contributed by atoms with E-state index in [0.717, 1.165) is 37.0 Å². The molecule has 2 N–H and O–H groups in total. The maximum atomic E-state index is 14.1. The van der Waals surface area contributed by atoms with Gasteiger partial charge in [-0.05, 0) is 66.2 Å². The van der Waals surface area contributed by atoms with Gasteiger partial charge in [0.1, 0.15) is 6.04 Å². The van der Waals surface area contributed by atoms with Crippen molar-refractivity contribution in [2.24, 2.45) is 0 Å². The molecule has 1 saturated carbocycles. The molecule has 1 aliphatic carbocycles. The number of benzene rings is 2. The summed E-state index contributed by atoms with van der Waals surface area (Å²) >= 11 is 1.50. The Morgan fingerprint density at radius 1 is 0.974 bits per heavy atom. The van der Waals surface area contributed by atoms with Crippen LogP contribution in [0.4, 0.5) is 11.4 Å². The average Bonchev–Trinajstić information content (AvgIpc) is 3.45. The topological polar surface area (TPSA) is 97.0 Å². The van der Waals surface area contributed by atoms with E-state index in [2.05, 4.69) is 10.6 Å². The van der Waals surface area contributed by atoms with Crippen LogP contribution in [0, 0.1) is 0 Å². The third kappa shape index (κ3) is 7.17. The Labute approximate surface area is 233 Å². The van der Waals surface area contributed by atoms with Crippen molar-refractivity contribution in [3.05, 3.63) is 70.4 Å². The van der Waals surface area contributed by atoms with Crippen LogP contribution in [0.2, 0.25) is 0 Å². The first-order valence-corrected chi connectivity index (χ1v) is 14.0. The average molecular weight is 550 g/mol. The van der Waals surface area contributed by atoms with Gasteiger partial charge in [-0.1, -0.05) is 31.4 Å². The number of nitrogens with zero attached hydrogens (tertiary/aromatic N) is 1. The van der Waals surface area contributed by atoms with Crippen LogP contribution in [0.25, 0.3) is 0 Å². The van der Waals surface area contributed by atoms with Crippen molar-refractivity contribution in [2.75, 3.05) is 24.4 Å². The molecule has 0 aliphatic heterocycles. The summed E-state index contributed by atoms with van der Waals surface area (Å²) in [5.41, 5.74) is 1.75. The highest BCUT2D eigenvalue weighted by Gasteiger charge is 2.35. The summed E-state index contributed by atoms with van der Waals surface area (Å²) in [6, 6.07) is 15.2. The molecule has 3 aromatic rings. The van der Waals surface area contributed by atoms with Gasteiger partial charge in [-0.25, -0.2) is 0 Å². The Morgan fingerprint density at radius 2 is 1.69 bits per heavy atom. The maximum absolute atomic E-state index is 14.1. The van der Waals surface area contributed by atoms with Gasteiger partial charge in [-0.2, -0.15) is 0 Å². The number of amides is 3. The number of nitrogens with one attached hydrogen (secondary N) is 2. The van der Waals surface area contributed by atoms with Crippen molar-refractivity contribution in [1.82, 2.24) is 5.32 Å². The third-order valence-electron chi connectivity index (χ3n) is 6.82. The molecule has 0 saturated heterocycles. The second-order valence-electron chi connectivity index (χ2n) is 9.61. The van der Waals surface area contributed by atoms with Crippen LogP contribution in [-0.2, 0) is 20.8 Å². The lowest BCUT2D eigenvalue weighted by molar-refractivity contribution is -0.127. The Hall–Kier alpha value is -3.85. The zero-order valence-electron chi connectivity index (χ0n) is 22.6. The molecule has 4 rings (SSSR count). The number of rotatable bonds is 10. The molecule has 0 spiro atoms.